The number of methoxy groups -OCH3 is 2. The topological polar surface area (TPSA) is 307 Å². The van der Waals surface area contributed by atoms with Crippen molar-refractivity contribution in [2.75, 3.05) is 55.2 Å². The number of anilines is 6. The van der Waals surface area contributed by atoms with E-state index in [-0.39, 0.29) is 54.3 Å². The molecule has 2 heterocycles. The number of esters is 3. The molecule has 31 heteroatoms. The number of nitrogens with zero attached hydrogens (tertiary/aromatic N) is 6. The van der Waals surface area contributed by atoms with Crippen molar-refractivity contribution < 1.29 is 74.0 Å². The Balaban J connectivity index is 0.000000252. The van der Waals surface area contributed by atoms with E-state index in [1.165, 1.54) is 62.8 Å². The second-order valence-corrected chi connectivity index (χ2v) is 21.5. The van der Waals surface area contributed by atoms with E-state index < -0.39 is 96.1 Å². The van der Waals surface area contributed by atoms with Crippen molar-refractivity contribution in [3.05, 3.63) is 129 Å². The molecule has 0 spiro atoms. The normalized spacial score (nSPS) is 14.5. The lowest BCUT2D eigenvalue weighted by Gasteiger charge is -2.21. The summed E-state index contributed by atoms with van der Waals surface area (Å²) in [5.41, 5.74) is 6.78. The van der Waals surface area contributed by atoms with Gasteiger partial charge in [-0.25, -0.2) is 9.59 Å². The molecule has 464 valence electrons. The van der Waals surface area contributed by atoms with Crippen molar-refractivity contribution in [2.45, 2.75) is 100 Å². The monoisotopic (exact) mass is 1260 g/mol. The first kappa shape index (κ1) is 65.7. The number of carbonyl (C=O) groups is 5. The van der Waals surface area contributed by atoms with E-state index >= 15 is 0 Å². The van der Waals surface area contributed by atoms with Gasteiger partial charge in [0.05, 0.1) is 25.3 Å². The van der Waals surface area contributed by atoms with Crippen LogP contribution in [0.15, 0.2) is 97.1 Å². The maximum atomic E-state index is 12.9. The molecule has 8 rings (SSSR count). The summed E-state index contributed by atoms with van der Waals surface area (Å²) in [4.78, 5) is 86.0. The molecule has 2 atom stereocenters. The number of ether oxygens (including phenoxy) is 5. The van der Waals surface area contributed by atoms with Crippen molar-refractivity contribution in [1.29, 1.82) is 0 Å². The minimum atomic E-state index is -4.62. The van der Waals surface area contributed by atoms with Crippen LogP contribution in [0.25, 0.3) is 0 Å². The minimum Gasteiger partial charge on any atom is -0.467 e. The Morgan fingerprint density at radius 1 is 0.552 bits per heavy atom. The van der Waals surface area contributed by atoms with Crippen molar-refractivity contribution in [3.63, 3.8) is 0 Å². The number of hydrogen-bond donors (Lipinski definition) is 7. The third-order valence-corrected chi connectivity index (χ3v) is 13.1. The van der Waals surface area contributed by atoms with Crippen molar-refractivity contribution >= 4 is 88.1 Å². The molecule has 87 heavy (non-hydrogen) atoms. The van der Waals surface area contributed by atoms with Crippen LogP contribution in [0.3, 0.4) is 0 Å². The van der Waals surface area contributed by atoms with Gasteiger partial charge in [-0.2, -0.15) is 56.2 Å². The molecule has 0 radical (unpaired) electrons. The standard InChI is InChI=1S/C31H34ClF3N6O6.C25H25ClF3N7O4/c1-29(2,3)47-23(42)14-13-22(25(44)45-4)37-24(43)18-5-11-21(12-6-18)36-26-38-27(40-28(39-26)46-17-31(33,34)35)41-30(15-16-30)19-7-9-20(32)10-8-19;1-39-20(38)18(12-30)32-19(37)14-2-8-17(9-3-14)31-21-33-22(35-23(34-21)40-13-25(27,28)29)36-24(10-11-24)15-4-6-16(26)7-5-15/h5-12,22H,13-17H2,1-4H3,(H,37,43)(H2,36,38,39,40,41);2-9,18H,10-13,30H2,1H3,(H,32,37)(H2,31,33,34,35,36)/t22-;18-/m00/s1. The Morgan fingerprint density at radius 2 is 0.920 bits per heavy atom. The highest BCUT2D eigenvalue weighted by Crippen LogP contribution is 2.49. The number of halogens is 8. The van der Waals surface area contributed by atoms with Crippen LogP contribution in [-0.2, 0) is 39.7 Å². The van der Waals surface area contributed by atoms with Crippen LogP contribution in [0.1, 0.15) is 91.1 Å². The SMILES string of the molecule is COC(=O)[C@H](CCC(=O)OC(C)(C)C)NC(=O)c1ccc(Nc2nc(NC3(c4ccc(Cl)cc4)CC3)nc(OCC(F)(F)F)n2)cc1.COC(=O)[C@H](CN)NC(=O)c1ccc(Nc2nc(NC3(c4ccc(Cl)cc4)CC3)nc(OCC(F)(F)F)n2)cc1. The van der Waals surface area contributed by atoms with Gasteiger partial charge >= 0.3 is 42.3 Å². The first-order valence-corrected chi connectivity index (χ1v) is 27.2. The number of benzene rings is 4. The van der Waals surface area contributed by atoms with Crippen molar-refractivity contribution in [1.82, 2.24) is 40.5 Å². The molecular formula is C56H59Cl2F6N13O10. The summed E-state index contributed by atoms with van der Waals surface area (Å²) in [5.74, 6) is -3.31. The van der Waals surface area contributed by atoms with Gasteiger partial charge in [0.1, 0.15) is 17.7 Å². The molecule has 4 aromatic carbocycles. The largest absolute Gasteiger partial charge is 0.467 e. The number of alkyl halides is 6. The minimum absolute atomic E-state index is 0.00811. The second-order valence-electron chi connectivity index (χ2n) is 20.6. The third kappa shape index (κ3) is 20.1. The van der Waals surface area contributed by atoms with E-state index in [2.05, 4.69) is 66.5 Å². The predicted octanol–water partition coefficient (Wildman–Crippen LogP) is 9.25. The van der Waals surface area contributed by atoms with E-state index in [0.29, 0.717) is 21.4 Å². The Labute approximate surface area is 503 Å². The van der Waals surface area contributed by atoms with Crippen LogP contribution in [0, 0.1) is 0 Å². The Bertz CT molecular complexity index is 3380. The molecule has 0 unspecified atom stereocenters. The van der Waals surface area contributed by atoms with Crippen LogP contribution in [0.4, 0.5) is 61.5 Å². The van der Waals surface area contributed by atoms with Crippen LogP contribution in [-0.4, -0.2) is 124 Å². The van der Waals surface area contributed by atoms with Gasteiger partial charge in [0.15, 0.2) is 13.2 Å². The molecule has 2 aromatic heterocycles. The van der Waals surface area contributed by atoms with Gasteiger partial charge in [-0.3, -0.25) is 14.4 Å². The summed E-state index contributed by atoms with van der Waals surface area (Å²) in [7, 11) is 2.35. The maximum absolute atomic E-state index is 12.9. The zero-order valence-electron chi connectivity index (χ0n) is 47.1. The molecule has 6 aromatic rings. The highest BCUT2D eigenvalue weighted by molar-refractivity contribution is 6.30. The van der Waals surface area contributed by atoms with Gasteiger partial charge in [-0.05, 0) is 137 Å². The average Bonchev–Trinajstić information content (AvgIpc) is 1.73. The fourth-order valence-electron chi connectivity index (χ4n) is 8.10. The summed E-state index contributed by atoms with van der Waals surface area (Å²) in [6.07, 6.45) is -6.44. The second kappa shape index (κ2) is 28.1. The number of amides is 2. The lowest BCUT2D eigenvalue weighted by molar-refractivity contribution is -0.156. The van der Waals surface area contributed by atoms with Gasteiger partial charge in [-0.1, -0.05) is 47.5 Å². The number of hydrogen-bond acceptors (Lipinski definition) is 21. The maximum Gasteiger partial charge on any atom is 0.422 e. The highest BCUT2D eigenvalue weighted by Gasteiger charge is 2.46. The van der Waals surface area contributed by atoms with Crippen LogP contribution in [0.5, 0.6) is 12.0 Å². The summed E-state index contributed by atoms with van der Waals surface area (Å²) < 4.78 is 101. The Kier molecular flexibility index (Phi) is 21.2. The fraction of sp³-hybridized carbons (Fsp3) is 0.375. The van der Waals surface area contributed by atoms with Crippen LogP contribution in [0.2, 0.25) is 10.0 Å². The Morgan fingerprint density at radius 3 is 1.26 bits per heavy atom. The molecule has 2 amide bonds. The van der Waals surface area contributed by atoms with Crippen molar-refractivity contribution in [2.24, 2.45) is 5.73 Å². The molecule has 2 fully saturated rings. The zero-order chi connectivity index (χ0) is 63.3. The van der Waals surface area contributed by atoms with Crippen LogP contribution < -0.4 is 47.1 Å². The van der Waals surface area contributed by atoms with Crippen LogP contribution >= 0.6 is 23.2 Å². The average molecular weight is 1260 g/mol. The molecule has 0 bridgehead atoms. The molecule has 0 saturated heterocycles. The summed E-state index contributed by atoms with van der Waals surface area (Å²) >= 11 is 12.0. The number of rotatable bonds is 24. The molecule has 0 aliphatic heterocycles. The predicted molar refractivity (Wildman–Crippen MR) is 305 cm³/mol. The summed E-state index contributed by atoms with van der Waals surface area (Å²) in [6, 6.07) is 23.0. The van der Waals surface area contributed by atoms with E-state index in [1.807, 2.05) is 24.3 Å². The number of carbonyl (C=O) groups excluding carboxylic acids is 5. The van der Waals surface area contributed by atoms with E-state index in [4.69, 9.17) is 47.9 Å². The molecule has 23 nitrogen and oxygen atoms in total. The zero-order valence-corrected chi connectivity index (χ0v) is 48.6. The third-order valence-electron chi connectivity index (χ3n) is 12.6. The smallest absolute Gasteiger partial charge is 0.422 e. The molecule has 2 saturated carbocycles. The van der Waals surface area contributed by atoms with E-state index in [9.17, 15) is 50.3 Å². The summed E-state index contributed by atoms with van der Waals surface area (Å²) in [6.45, 7) is 1.81. The van der Waals surface area contributed by atoms with Gasteiger partial charge in [-0.15, -0.1) is 0 Å². The molecule has 2 aliphatic rings. The first-order chi connectivity index (χ1) is 41.0. The lowest BCUT2D eigenvalue weighted by atomic mass is 10.1. The fourth-order valence-corrected chi connectivity index (χ4v) is 8.35. The number of aromatic nitrogens is 6. The number of nitrogens with two attached hydrogens (primary N) is 1. The number of nitrogens with one attached hydrogen (secondary N) is 6. The molecule has 2 aliphatic carbocycles. The first-order valence-electron chi connectivity index (χ1n) is 26.5. The van der Waals surface area contributed by atoms with Gasteiger partial charge in [0.25, 0.3) is 11.8 Å². The van der Waals surface area contributed by atoms with Gasteiger partial charge in [0.2, 0.25) is 23.8 Å². The highest BCUT2D eigenvalue weighted by atomic mass is 35.5. The van der Waals surface area contributed by atoms with E-state index in [0.717, 1.165) is 36.8 Å². The lowest BCUT2D eigenvalue weighted by Crippen LogP contribution is -2.46. The molecular weight excluding hydrogens is 1200 g/mol. The van der Waals surface area contributed by atoms with E-state index in [1.54, 1.807) is 45.0 Å². The quantitative estimate of drug-likeness (QED) is 0.0169. The van der Waals surface area contributed by atoms with Gasteiger partial charge < -0.3 is 61.3 Å². The van der Waals surface area contributed by atoms with Crippen molar-refractivity contribution in [3.8, 4) is 12.0 Å². The Hall–Kier alpha value is -8.83. The van der Waals surface area contributed by atoms with Gasteiger partial charge in [0, 0.05) is 45.5 Å². The summed E-state index contributed by atoms with van der Waals surface area (Å²) in [5, 5.41) is 18.3. The molecule has 8 N–H and O–H groups in total.